The second-order valence-corrected chi connectivity index (χ2v) is 6.38. The van der Waals surface area contributed by atoms with Gasteiger partial charge in [0.05, 0.1) is 6.54 Å². The molecule has 0 amide bonds. The lowest BCUT2D eigenvalue weighted by molar-refractivity contribution is -0.148. The monoisotopic (exact) mass is 307 g/mol. The number of rotatable bonds is 5. The number of alkyl halides is 3. The largest absolute Gasteiger partial charge is 0.401 e. The van der Waals surface area contributed by atoms with Gasteiger partial charge < -0.3 is 10.2 Å². The van der Waals surface area contributed by atoms with Crippen molar-refractivity contribution in [3.63, 3.8) is 0 Å². The van der Waals surface area contributed by atoms with Gasteiger partial charge in [0.2, 0.25) is 0 Å². The second-order valence-electron chi connectivity index (χ2n) is 6.38. The molecular formula is C15H28F3N3. The first-order valence-electron chi connectivity index (χ1n) is 8.28. The fourth-order valence-corrected chi connectivity index (χ4v) is 3.34. The third-order valence-corrected chi connectivity index (χ3v) is 4.55. The molecule has 0 saturated carbocycles. The van der Waals surface area contributed by atoms with Crippen molar-refractivity contribution in [1.82, 2.24) is 15.1 Å². The van der Waals surface area contributed by atoms with Gasteiger partial charge in [0.1, 0.15) is 0 Å². The average Bonchev–Trinajstić information content (AvgIpc) is 2.68. The lowest BCUT2D eigenvalue weighted by Crippen LogP contribution is -2.47. The molecule has 2 aliphatic heterocycles. The number of hydrogen-bond acceptors (Lipinski definition) is 3. The van der Waals surface area contributed by atoms with Crippen LogP contribution in [0.15, 0.2) is 0 Å². The Bertz CT molecular complexity index is 280. The third kappa shape index (κ3) is 6.98. The van der Waals surface area contributed by atoms with Crippen LogP contribution in [0.1, 0.15) is 38.5 Å². The van der Waals surface area contributed by atoms with E-state index in [1.165, 1.54) is 43.7 Å². The molecule has 0 bridgehead atoms. The highest BCUT2D eigenvalue weighted by Crippen LogP contribution is 2.19. The van der Waals surface area contributed by atoms with Crippen molar-refractivity contribution in [3.05, 3.63) is 0 Å². The van der Waals surface area contributed by atoms with Gasteiger partial charge in [-0.3, -0.25) is 4.90 Å². The summed E-state index contributed by atoms with van der Waals surface area (Å²) in [6.45, 7) is 4.79. The smallest absolute Gasteiger partial charge is 0.313 e. The number of halogens is 3. The SMILES string of the molecule is FC(F)(F)CN1CCC(NCCN2CCCCCC2)CC1. The number of nitrogens with one attached hydrogen (secondary N) is 1. The van der Waals surface area contributed by atoms with Gasteiger partial charge in [-0.1, -0.05) is 12.8 Å². The zero-order chi connectivity index (χ0) is 15.1. The van der Waals surface area contributed by atoms with Gasteiger partial charge in [-0.25, -0.2) is 0 Å². The summed E-state index contributed by atoms with van der Waals surface area (Å²) < 4.78 is 36.9. The lowest BCUT2D eigenvalue weighted by Gasteiger charge is -2.33. The molecule has 2 aliphatic rings. The summed E-state index contributed by atoms with van der Waals surface area (Å²) in [5.74, 6) is 0. The molecule has 21 heavy (non-hydrogen) atoms. The first-order valence-corrected chi connectivity index (χ1v) is 8.28. The zero-order valence-electron chi connectivity index (χ0n) is 12.8. The molecule has 2 heterocycles. The molecule has 2 rings (SSSR count). The van der Waals surface area contributed by atoms with Gasteiger partial charge in [-0.05, 0) is 51.9 Å². The first-order chi connectivity index (χ1) is 10.0. The summed E-state index contributed by atoms with van der Waals surface area (Å²) in [4.78, 5) is 4.03. The summed E-state index contributed by atoms with van der Waals surface area (Å²) in [7, 11) is 0. The average molecular weight is 307 g/mol. The molecule has 2 fully saturated rings. The summed E-state index contributed by atoms with van der Waals surface area (Å²) in [6, 6.07) is 0.390. The molecule has 6 heteroatoms. The highest BCUT2D eigenvalue weighted by Gasteiger charge is 2.32. The van der Waals surface area contributed by atoms with Crippen LogP contribution in [0.3, 0.4) is 0 Å². The number of piperidine rings is 1. The molecular weight excluding hydrogens is 279 g/mol. The van der Waals surface area contributed by atoms with E-state index in [0.717, 1.165) is 25.9 Å². The summed E-state index contributed by atoms with van der Waals surface area (Å²) in [5, 5.41) is 3.52. The topological polar surface area (TPSA) is 18.5 Å². The predicted molar refractivity (Wildman–Crippen MR) is 78.4 cm³/mol. The van der Waals surface area contributed by atoms with E-state index >= 15 is 0 Å². The van der Waals surface area contributed by atoms with Crippen LogP contribution in [0.2, 0.25) is 0 Å². The maximum Gasteiger partial charge on any atom is 0.401 e. The van der Waals surface area contributed by atoms with Crippen LogP contribution in [-0.2, 0) is 0 Å². The van der Waals surface area contributed by atoms with Crippen molar-refractivity contribution in [2.24, 2.45) is 0 Å². The first kappa shape index (κ1) is 17.0. The Morgan fingerprint density at radius 1 is 0.857 bits per heavy atom. The predicted octanol–water partition coefficient (Wildman–Crippen LogP) is 2.48. The molecule has 124 valence electrons. The van der Waals surface area contributed by atoms with Gasteiger partial charge in [0.25, 0.3) is 0 Å². The molecule has 0 aromatic heterocycles. The quantitative estimate of drug-likeness (QED) is 0.842. The van der Waals surface area contributed by atoms with Crippen molar-refractivity contribution >= 4 is 0 Å². The Morgan fingerprint density at radius 2 is 1.48 bits per heavy atom. The standard InChI is InChI=1S/C15H28F3N3/c16-15(17,18)13-21-10-5-14(6-11-21)19-7-12-20-8-3-1-2-4-9-20/h14,19H,1-13H2. The van der Waals surface area contributed by atoms with Crippen molar-refractivity contribution in [3.8, 4) is 0 Å². The van der Waals surface area contributed by atoms with E-state index in [1.54, 1.807) is 0 Å². The normalized spacial score (nSPS) is 24.1. The highest BCUT2D eigenvalue weighted by atomic mass is 19.4. The Balaban J connectivity index is 1.56. The summed E-state index contributed by atoms with van der Waals surface area (Å²) in [5.41, 5.74) is 0. The van der Waals surface area contributed by atoms with Gasteiger partial charge in [-0.15, -0.1) is 0 Å². The molecule has 0 aromatic carbocycles. The third-order valence-electron chi connectivity index (χ3n) is 4.55. The summed E-state index contributed by atoms with van der Waals surface area (Å²) >= 11 is 0. The highest BCUT2D eigenvalue weighted by molar-refractivity contribution is 4.79. The van der Waals surface area contributed by atoms with Crippen LogP contribution >= 0.6 is 0 Å². The molecule has 0 aromatic rings. The van der Waals surface area contributed by atoms with Crippen LogP contribution in [0.25, 0.3) is 0 Å². The van der Waals surface area contributed by atoms with Crippen LogP contribution in [0.4, 0.5) is 13.2 Å². The van der Waals surface area contributed by atoms with Crippen LogP contribution < -0.4 is 5.32 Å². The molecule has 0 spiro atoms. The van der Waals surface area contributed by atoms with E-state index in [4.69, 9.17) is 0 Å². The fourth-order valence-electron chi connectivity index (χ4n) is 3.34. The van der Waals surface area contributed by atoms with Crippen molar-refractivity contribution < 1.29 is 13.2 Å². The zero-order valence-corrected chi connectivity index (χ0v) is 12.8. The van der Waals surface area contributed by atoms with E-state index in [-0.39, 0.29) is 0 Å². The number of likely N-dealkylation sites (tertiary alicyclic amines) is 2. The molecule has 2 saturated heterocycles. The van der Waals surface area contributed by atoms with Gasteiger partial charge in [0, 0.05) is 19.1 Å². The second kappa shape index (κ2) is 8.34. The van der Waals surface area contributed by atoms with Gasteiger partial charge in [0.15, 0.2) is 0 Å². The Labute approximate surface area is 125 Å². The Kier molecular flexibility index (Phi) is 6.76. The molecule has 0 aliphatic carbocycles. The van der Waals surface area contributed by atoms with Gasteiger partial charge >= 0.3 is 6.18 Å². The summed E-state index contributed by atoms with van der Waals surface area (Å²) in [6.07, 6.45) is 2.90. The Hall–Kier alpha value is -0.330. The van der Waals surface area contributed by atoms with Crippen molar-refractivity contribution in [2.75, 3.05) is 45.8 Å². The minimum absolute atomic E-state index is 0.390. The van der Waals surface area contributed by atoms with E-state index in [9.17, 15) is 13.2 Å². The van der Waals surface area contributed by atoms with E-state index in [1.807, 2.05) is 0 Å². The molecule has 0 unspecified atom stereocenters. The van der Waals surface area contributed by atoms with Crippen LogP contribution in [-0.4, -0.2) is 67.8 Å². The van der Waals surface area contributed by atoms with Crippen molar-refractivity contribution in [1.29, 1.82) is 0 Å². The van der Waals surface area contributed by atoms with E-state index in [0.29, 0.717) is 19.1 Å². The minimum Gasteiger partial charge on any atom is -0.313 e. The van der Waals surface area contributed by atoms with Crippen LogP contribution in [0.5, 0.6) is 0 Å². The van der Waals surface area contributed by atoms with Gasteiger partial charge in [-0.2, -0.15) is 13.2 Å². The van der Waals surface area contributed by atoms with Crippen LogP contribution in [0, 0.1) is 0 Å². The number of nitrogens with zero attached hydrogens (tertiary/aromatic N) is 2. The lowest BCUT2D eigenvalue weighted by atomic mass is 10.1. The van der Waals surface area contributed by atoms with Crippen molar-refractivity contribution in [2.45, 2.75) is 50.7 Å². The molecule has 1 N–H and O–H groups in total. The molecule has 0 atom stereocenters. The molecule has 0 radical (unpaired) electrons. The van der Waals surface area contributed by atoms with E-state index < -0.39 is 12.7 Å². The Morgan fingerprint density at radius 3 is 2.05 bits per heavy atom. The molecule has 3 nitrogen and oxygen atoms in total. The fraction of sp³-hybridized carbons (Fsp3) is 1.00. The van der Waals surface area contributed by atoms with E-state index in [2.05, 4.69) is 10.2 Å². The maximum absolute atomic E-state index is 12.3. The minimum atomic E-state index is -4.06. The number of hydrogen-bond donors (Lipinski definition) is 1. The maximum atomic E-state index is 12.3.